The maximum absolute atomic E-state index is 13.3. The Bertz CT molecular complexity index is 633. The Morgan fingerprint density at radius 2 is 1.55 bits per heavy atom. The number of hydrogen-bond acceptors (Lipinski definition) is 2. The van der Waals surface area contributed by atoms with Crippen molar-refractivity contribution in [1.29, 1.82) is 0 Å². The maximum Gasteiger partial charge on any atom is 0.425 e. The molecule has 0 aliphatic carbocycles. The summed E-state index contributed by atoms with van der Waals surface area (Å²) in [5.74, 6) is 0.417. The van der Waals surface area contributed by atoms with Crippen molar-refractivity contribution in [3.63, 3.8) is 0 Å². The van der Waals surface area contributed by atoms with Crippen LogP contribution in [0.25, 0.3) is 6.08 Å². The first-order chi connectivity index (χ1) is 10.4. The Balaban J connectivity index is 2.41. The Morgan fingerprint density at radius 3 is 2.05 bits per heavy atom. The molecule has 0 aromatic heterocycles. The monoisotopic (exact) mass is 308 g/mol. The molecule has 0 bridgehead atoms. The molecule has 1 atom stereocenters. The van der Waals surface area contributed by atoms with Crippen LogP contribution in [0.4, 0.5) is 13.2 Å². The van der Waals surface area contributed by atoms with Crippen LogP contribution in [-0.4, -0.2) is 18.4 Å². The van der Waals surface area contributed by atoms with Crippen molar-refractivity contribution in [2.45, 2.75) is 11.8 Å². The van der Waals surface area contributed by atoms with Gasteiger partial charge in [-0.25, -0.2) is 0 Å². The van der Waals surface area contributed by atoms with Gasteiger partial charge < -0.3 is 9.84 Å². The van der Waals surface area contributed by atoms with Crippen molar-refractivity contribution >= 4 is 6.08 Å². The molecule has 5 heteroatoms. The van der Waals surface area contributed by atoms with Gasteiger partial charge in [-0.3, -0.25) is 0 Å². The number of ether oxygens (including phenoxy) is 1. The van der Waals surface area contributed by atoms with Crippen molar-refractivity contribution in [2.75, 3.05) is 7.11 Å². The number of methoxy groups -OCH3 is 1. The lowest BCUT2D eigenvalue weighted by Gasteiger charge is -2.28. The van der Waals surface area contributed by atoms with Gasteiger partial charge in [0, 0.05) is 0 Å². The predicted molar refractivity (Wildman–Crippen MR) is 78.4 cm³/mol. The molecule has 2 rings (SSSR count). The van der Waals surface area contributed by atoms with Gasteiger partial charge in [0.1, 0.15) is 5.75 Å². The minimum absolute atomic E-state index is 0.270. The number of rotatable bonds is 4. The van der Waals surface area contributed by atoms with Crippen LogP contribution in [0, 0.1) is 0 Å². The zero-order valence-corrected chi connectivity index (χ0v) is 11.8. The molecule has 0 heterocycles. The molecule has 2 aromatic carbocycles. The largest absolute Gasteiger partial charge is 0.497 e. The number of benzene rings is 2. The Kier molecular flexibility index (Phi) is 4.56. The van der Waals surface area contributed by atoms with Gasteiger partial charge in [-0.05, 0) is 29.3 Å². The average Bonchev–Trinajstić information content (AvgIpc) is 2.52. The van der Waals surface area contributed by atoms with Gasteiger partial charge in [-0.2, -0.15) is 13.2 Å². The normalized spacial score (nSPS) is 14.8. The summed E-state index contributed by atoms with van der Waals surface area (Å²) in [7, 11) is 1.42. The quantitative estimate of drug-likeness (QED) is 0.919. The molecule has 116 valence electrons. The second kappa shape index (κ2) is 6.23. The smallest absolute Gasteiger partial charge is 0.425 e. The molecule has 0 saturated heterocycles. The van der Waals surface area contributed by atoms with Crippen LogP contribution in [0.3, 0.4) is 0 Å². The van der Waals surface area contributed by atoms with E-state index in [2.05, 4.69) is 0 Å². The third-order valence-electron chi connectivity index (χ3n) is 3.28. The molecule has 22 heavy (non-hydrogen) atoms. The highest BCUT2D eigenvalue weighted by Gasteiger charge is 2.53. The molecule has 0 fully saturated rings. The fraction of sp³-hybridized carbons (Fsp3) is 0.176. The highest BCUT2D eigenvalue weighted by molar-refractivity contribution is 5.52. The number of aliphatic hydroxyl groups is 1. The van der Waals surface area contributed by atoms with Gasteiger partial charge in [0.15, 0.2) is 0 Å². The zero-order valence-electron chi connectivity index (χ0n) is 11.8. The van der Waals surface area contributed by atoms with Gasteiger partial charge >= 0.3 is 6.18 Å². The molecule has 0 spiro atoms. The second-order valence-corrected chi connectivity index (χ2v) is 4.74. The van der Waals surface area contributed by atoms with E-state index in [0.29, 0.717) is 11.3 Å². The number of alkyl halides is 3. The predicted octanol–water partition coefficient (Wildman–Crippen LogP) is 4.16. The molecule has 2 nitrogen and oxygen atoms in total. The fourth-order valence-electron chi connectivity index (χ4n) is 1.98. The van der Waals surface area contributed by atoms with Crippen LogP contribution in [-0.2, 0) is 5.60 Å². The van der Waals surface area contributed by atoms with Crippen molar-refractivity contribution < 1.29 is 23.0 Å². The SMILES string of the molecule is COc1ccc(C(O)(C=Cc2ccccc2)C(F)(F)F)cc1. The van der Waals surface area contributed by atoms with Crippen LogP contribution in [0.15, 0.2) is 60.7 Å². The summed E-state index contributed by atoms with van der Waals surface area (Å²) in [5, 5.41) is 10.2. The Labute approximate surface area is 126 Å². The summed E-state index contributed by atoms with van der Waals surface area (Å²) in [6.45, 7) is 0. The first kappa shape index (κ1) is 16.1. The Hall–Kier alpha value is -2.27. The molecular formula is C17H15F3O2. The molecule has 0 aliphatic heterocycles. The first-order valence-corrected chi connectivity index (χ1v) is 6.55. The molecule has 0 radical (unpaired) electrons. The van der Waals surface area contributed by atoms with Gasteiger partial charge in [0.2, 0.25) is 5.60 Å². The molecule has 0 saturated carbocycles. The summed E-state index contributed by atoms with van der Waals surface area (Å²) in [6.07, 6.45) is -2.84. The summed E-state index contributed by atoms with van der Waals surface area (Å²) >= 11 is 0. The van der Waals surface area contributed by atoms with Crippen LogP contribution >= 0.6 is 0 Å². The van der Waals surface area contributed by atoms with E-state index >= 15 is 0 Å². The van der Waals surface area contributed by atoms with E-state index in [1.807, 2.05) is 0 Å². The van der Waals surface area contributed by atoms with E-state index in [-0.39, 0.29) is 5.56 Å². The fourth-order valence-corrected chi connectivity index (χ4v) is 1.98. The number of hydrogen-bond donors (Lipinski definition) is 1. The first-order valence-electron chi connectivity index (χ1n) is 6.55. The third kappa shape index (κ3) is 3.31. The molecule has 1 unspecified atom stereocenters. The summed E-state index contributed by atoms with van der Waals surface area (Å²) in [4.78, 5) is 0. The van der Waals surface area contributed by atoms with Crippen LogP contribution in [0.5, 0.6) is 5.75 Å². The maximum atomic E-state index is 13.3. The lowest BCUT2D eigenvalue weighted by atomic mass is 9.92. The summed E-state index contributed by atoms with van der Waals surface area (Å²) in [6, 6.07) is 13.6. The molecular weight excluding hydrogens is 293 g/mol. The van der Waals surface area contributed by atoms with Gasteiger partial charge in [0.25, 0.3) is 0 Å². The standard InChI is InChI=1S/C17H15F3O2/c1-22-15-9-7-14(8-10-15)16(21,17(18,19)20)12-11-13-5-3-2-4-6-13/h2-12,21H,1H3. The van der Waals surface area contributed by atoms with Crippen LogP contribution in [0.1, 0.15) is 11.1 Å². The molecule has 1 N–H and O–H groups in total. The second-order valence-electron chi connectivity index (χ2n) is 4.74. The van der Waals surface area contributed by atoms with Gasteiger partial charge in [-0.1, -0.05) is 48.5 Å². The highest BCUT2D eigenvalue weighted by Crippen LogP contribution is 2.41. The van der Waals surface area contributed by atoms with E-state index in [0.717, 1.165) is 6.08 Å². The van der Waals surface area contributed by atoms with Crippen molar-refractivity contribution in [3.8, 4) is 5.75 Å². The zero-order chi connectivity index (χ0) is 16.2. The highest BCUT2D eigenvalue weighted by atomic mass is 19.4. The molecule has 2 aromatic rings. The van der Waals surface area contributed by atoms with Gasteiger partial charge in [0.05, 0.1) is 7.11 Å². The van der Waals surface area contributed by atoms with Crippen molar-refractivity contribution in [1.82, 2.24) is 0 Å². The summed E-state index contributed by atoms with van der Waals surface area (Å²) in [5.41, 5.74) is -2.76. The third-order valence-corrected chi connectivity index (χ3v) is 3.28. The molecule has 0 amide bonds. The van der Waals surface area contributed by atoms with E-state index in [1.165, 1.54) is 37.5 Å². The van der Waals surface area contributed by atoms with E-state index < -0.39 is 11.8 Å². The lowest BCUT2D eigenvalue weighted by molar-refractivity contribution is -0.244. The van der Waals surface area contributed by atoms with E-state index in [1.54, 1.807) is 30.3 Å². The van der Waals surface area contributed by atoms with E-state index in [4.69, 9.17) is 4.74 Å². The topological polar surface area (TPSA) is 29.5 Å². The Morgan fingerprint density at radius 1 is 0.955 bits per heavy atom. The average molecular weight is 308 g/mol. The van der Waals surface area contributed by atoms with Gasteiger partial charge in [-0.15, -0.1) is 0 Å². The van der Waals surface area contributed by atoms with Crippen LogP contribution in [0.2, 0.25) is 0 Å². The van der Waals surface area contributed by atoms with E-state index in [9.17, 15) is 18.3 Å². The van der Waals surface area contributed by atoms with Crippen LogP contribution < -0.4 is 4.74 Å². The lowest BCUT2D eigenvalue weighted by Crippen LogP contribution is -2.40. The summed E-state index contributed by atoms with van der Waals surface area (Å²) < 4.78 is 44.9. The minimum Gasteiger partial charge on any atom is -0.497 e. The number of halogens is 3. The van der Waals surface area contributed by atoms with Crippen molar-refractivity contribution in [2.24, 2.45) is 0 Å². The van der Waals surface area contributed by atoms with Crippen molar-refractivity contribution in [3.05, 3.63) is 71.8 Å². The molecule has 0 aliphatic rings. The minimum atomic E-state index is -4.84.